The van der Waals surface area contributed by atoms with E-state index in [0.29, 0.717) is 16.9 Å². The third-order valence-corrected chi connectivity index (χ3v) is 3.72. The zero-order chi connectivity index (χ0) is 12.5. The minimum Gasteiger partial charge on any atom is -0.398 e. The molecule has 5 heteroatoms. The minimum atomic E-state index is -0.0155. The monoisotopic (exact) mass is 257 g/mol. The molecule has 0 aliphatic carbocycles. The van der Waals surface area contributed by atoms with Crippen LogP contribution in [0.25, 0.3) is 10.2 Å². The molecule has 2 N–H and O–H groups in total. The molecule has 0 aliphatic rings. The molecule has 4 nitrogen and oxygen atoms in total. The molecule has 1 aromatic carbocycles. The minimum absolute atomic E-state index is 0.0155. The molecule has 0 saturated carbocycles. The summed E-state index contributed by atoms with van der Waals surface area (Å²) in [6.07, 6.45) is 1.57. The third kappa shape index (κ3) is 1.78. The topological polar surface area (TPSA) is 60.9 Å². The summed E-state index contributed by atoms with van der Waals surface area (Å²) in [5.41, 5.74) is 8.23. The van der Waals surface area contributed by atoms with Crippen LogP contribution in [0.2, 0.25) is 0 Å². The fraction of sp³-hybridized carbons (Fsp3) is 0.0769. The van der Waals surface area contributed by atoms with E-state index in [1.807, 2.05) is 35.7 Å². The molecule has 2 aromatic heterocycles. The number of para-hydroxylation sites is 1. The van der Waals surface area contributed by atoms with Crippen molar-refractivity contribution in [2.75, 3.05) is 5.73 Å². The lowest BCUT2D eigenvalue weighted by molar-refractivity contribution is 0.751. The molecule has 0 atom stereocenters. The van der Waals surface area contributed by atoms with Gasteiger partial charge in [0.2, 0.25) is 0 Å². The summed E-state index contributed by atoms with van der Waals surface area (Å²) in [5.74, 6) is 0. The lowest BCUT2D eigenvalue weighted by Crippen LogP contribution is -2.20. The first kappa shape index (κ1) is 11.0. The van der Waals surface area contributed by atoms with Gasteiger partial charge in [-0.1, -0.05) is 18.2 Å². The molecule has 0 fully saturated rings. The highest BCUT2D eigenvalue weighted by atomic mass is 32.1. The van der Waals surface area contributed by atoms with E-state index in [1.165, 1.54) is 11.3 Å². The van der Waals surface area contributed by atoms with Gasteiger partial charge in [0, 0.05) is 5.69 Å². The number of nitrogens with two attached hydrogens (primary N) is 1. The fourth-order valence-corrected chi connectivity index (χ4v) is 2.65. The quantitative estimate of drug-likeness (QED) is 0.715. The van der Waals surface area contributed by atoms with Crippen molar-refractivity contribution in [3.8, 4) is 0 Å². The third-order valence-electron chi connectivity index (χ3n) is 2.83. The molecule has 0 spiro atoms. The molecule has 0 unspecified atom stereocenters. The Labute approximate surface area is 107 Å². The summed E-state index contributed by atoms with van der Waals surface area (Å²) in [4.78, 5) is 16.5. The van der Waals surface area contributed by atoms with Gasteiger partial charge in [0.15, 0.2) is 0 Å². The number of benzene rings is 1. The number of aromatic nitrogens is 2. The Hall–Kier alpha value is -2.14. The number of rotatable bonds is 2. The second-order valence-electron chi connectivity index (χ2n) is 4.01. The van der Waals surface area contributed by atoms with Crippen molar-refractivity contribution in [1.29, 1.82) is 0 Å². The van der Waals surface area contributed by atoms with Gasteiger partial charge in [0.25, 0.3) is 5.56 Å². The molecular weight excluding hydrogens is 246 g/mol. The number of fused-ring (bicyclic) bond motifs is 1. The van der Waals surface area contributed by atoms with E-state index in [0.717, 1.165) is 11.1 Å². The number of nitrogens with zero attached hydrogens (tertiary/aromatic N) is 2. The van der Waals surface area contributed by atoms with Crippen LogP contribution in [0, 0.1) is 0 Å². The van der Waals surface area contributed by atoms with Crippen LogP contribution < -0.4 is 11.3 Å². The molecular formula is C13H11N3OS. The lowest BCUT2D eigenvalue weighted by atomic mass is 10.2. The van der Waals surface area contributed by atoms with E-state index in [-0.39, 0.29) is 5.56 Å². The van der Waals surface area contributed by atoms with Gasteiger partial charge in [-0.2, -0.15) is 0 Å². The number of hydrogen-bond acceptors (Lipinski definition) is 4. The van der Waals surface area contributed by atoms with Gasteiger partial charge < -0.3 is 5.73 Å². The molecule has 18 heavy (non-hydrogen) atoms. The van der Waals surface area contributed by atoms with Gasteiger partial charge in [-0.3, -0.25) is 9.36 Å². The lowest BCUT2D eigenvalue weighted by Gasteiger charge is -2.07. The van der Waals surface area contributed by atoms with E-state index in [1.54, 1.807) is 10.9 Å². The Kier molecular flexibility index (Phi) is 2.60. The van der Waals surface area contributed by atoms with Crippen LogP contribution in [0.1, 0.15) is 5.56 Å². The second kappa shape index (κ2) is 4.27. The van der Waals surface area contributed by atoms with Crippen molar-refractivity contribution in [1.82, 2.24) is 9.55 Å². The summed E-state index contributed by atoms with van der Waals surface area (Å²) < 4.78 is 2.27. The summed E-state index contributed by atoms with van der Waals surface area (Å²) in [6.45, 7) is 0.451. The van der Waals surface area contributed by atoms with Crippen molar-refractivity contribution in [3.05, 3.63) is 58.0 Å². The smallest absolute Gasteiger partial charge is 0.271 e. The molecule has 0 aliphatic heterocycles. The van der Waals surface area contributed by atoms with Gasteiger partial charge in [0.1, 0.15) is 4.70 Å². The molecule has 3 aromatic rings. The van der Waals surface area contributed by atoms with E-state index in [9.17, 15) is 4.79 Å². The van der Waals surface area contributed by atoms with Gasteiger partial charge in [0.05, 0.1) is 18.4 Å². The standard InChI is InChI=1S/C13H11N3OS/c14-10-4-2-1-3-9(10)7-16-8-15-11-5-6-18-12(11)13(16)17/h1-6,8H,7,14H2. The zero-order valence-corrected chi connectivity index (χ0v) is 10.4. The van der Waals surface area contributed by atoms with Crippen molar-refractivity contribution >= 4 is 27.2 Å². The van der Waals surface area contributed by atoms with E-state index < -0.39 is 0 Å². The van der Waals surface area contributed by atoms with Crippen LogP contribution in [0.3, 0.4) is 0 Å². The Morgan fingerprint density at radius 3 is 2.94 bits per heavy atom. The SMILES string of the molecule is Nc1ccccc1Cn1cnc2ccsc2c1=O. The predicted molar refractivity (Wildman–Crippen MR) is 73.8 cm³/mol. The molecule has 2 heterocycles. The van der Waals surface area contributed by atoms with Crippen LogP contribution in [0.4, 0.5) is 5.69 Å². The van der Waals surface area contributed by atoms with Gasteiger partial charge in [-0.15, -0.1) is 11.3 Å². The van der Waals surface area contributed by atoms with Gasteiger partial charge >= 0.3 is 0 Å². The zero-order valence-electron chi connectivity index (χ0n) is 9.54. The number of thiophene rings is 1. The predicted octanol–water partition coefficient (Wildman–Crippen LogP) is 2.09. The van der Waals surface area contributed by atoms with Crippen LogP contribution in [-0.4, -0.2) is 9.55 Å². The molecule has 0 saturated heterocycles. The van der Waals surface area contributed by atoms with E-state index in [4.69, 9.17) is 5.73 Å². The highest BCUT2D eigenvalue weighted by molar-refractivity contribution is 7.17. The Bertz CT molecular complexity index is 760. The number of nitrogen functional groups attached to an aromatic ring is 1. The van der Waals surface area contributed by atoms with E-state index >= 15 is 0 Å². The maximum absolute atomic E-state index is 12.2. The largest absolute Gasteiger partial charge is 0.398 e. The highest BCUT2D eigenvalue weighted by Gasteiger charge is 2.06. The van der Waals surface area contributed by atoms with Gasteiger partial charge in [-0.25, -0.2) is 4.98 Å². The Morgan fingerprint density at radius 2 is 2.11 bits per heavy atom. The van der Waals surface area contributed by atoms with Gasteiger partial charge in [-0.05, 0) is 23.1 Å². The maximum Gasteiger partial charge on any atom is 0.271 e. The van der Waals surface area contributed by atoms with Crippen LogP contribution in [0.15, 0.2) is 46.8 Å². The van der Waals surface area contributed by atoms with Crippen molar-refractivity contribution in [2.45, 2.75) is 6.54 Å². The summed E-state index contributed by atoms with van der Waals surface area (Å²) in [5, 5.41) is 1.88. The van der Waals surface area contributed by atoms with Crippen LogP contribution >= 0.6 is 11.3 Å². The fourth-order valence-electron chi connectivity index (χ4n) is 1.85. The first-order valence-electron chi connectivity index (χ1n) is 5.52. The van der Waals surface area contributed by atoms with Crippen molar-refractivity contribution in [3.63, 3.8) is 0 Å². The van der Waals surface area contributed by atoms with Crippen LogP contribution in [0.5, 0.6) is 0 Å². The summed E-state index contributed by atoms with van der Waals surface area (Å²) in [7, 11) is 0. The average molecular weight is 257 g/mol. The molecule has 90 valence electrons. The maximum atomic E-state index is 12.2. The second-order valence-corrected chi connectivity index (χ2v) is 4.93. The van der Waals surface area contributed by atoms with Crippen molar-refractivity contribution < 1.29 is 0 Å². The average Bonchev–Trinajstić information content (AvgIpc) is 2.84. The Morgan fingerprint density at radius 1 is 1.28 bits per heavy atom. The first-order valence-corrected chi connectivity index (χ1v) is 6.40. The van der Waals surface area contributed by atoms with Crippen molar-refractivity contribution in [2.24, 2.45) is 0 Å². The van der Waals surface area contributed by atoms with E-state index in [2.05, 4.69) is 4.98 Å². The molecule has 0 radical (unpaired) electrons. The number of anilines is 1. The highest BCUT2D eigenvalue weighted by Crippen LogP contribution is 2.15. The Balaban J connectivity index is 2.08. The summed E-state index contributed by atoms with van der Waals surface area (Å²) in [6, 6.07) is 9.39. The normalized spacial score (nSPS) is 10.9. The molecule has 0 bridgehead atoms. The van der Waals surface area contributed by atoms with Crippen LogP contribution in [-0.2, 0) is 6.54 Å². The first-order chi connectivity index (χ1) is 8.75. The molecule has 0 amide bonds. The number of hydrogen-bond donors (Lipinski definition) is 1. The molecule has 3 rings (SSSR count). The summed E-state index contributed by atoms with van der Waals surface area (Å²) >= 11 is 1.42.